The van der Waals surface area contributed by atoms with E-state index in [1.165, 1.54) is 6.92 Å². The second-order valence-corrected chi connectivity index (χ2v) is 8.08. The molecular weight excluding hydrogens is 442 g/mol. The number of carbonyl (C=O) groups is 2. The van der Waals surface area contributed by atoms with Gasteiger partial charge in [0.2, 0.25) is 5.91 Å². The number of hydrogen-bond donors (Lipinski definition) is 1. The molecule has 3 aromatic rings. The van der Waals surface area contributed by atoms with Gasteiger partial charge in [-0.2, -0.15) is 0 Å². The minimum Gasteiger partial charge on any atom is -0.484 e. The number of halogens is 1. The van der Waals surface area contributed by atoms with Crippen LogP contribution in [0.3, 0.4) is 0 Å². The van der Waals surface area contributed by atoms with Crippen molar-refractivity contribution in [1.29, 1.82) is 0 Å². The highest BCUT2D eigenvalue weighted by Gasteiger charge is 2.22. The maximum atomic E-state index is 12.5. The number of anilines is 2. The van der Waals surface area contributed by atoms with Crippen LogP contribution in [-0.2, 0) is 9.59 Å². The Morgan fingerprint density at radius 3 is 2.24 bits per heavy atom. The van der Waals surface area contributed by atoms with Crippen LogP contribution < -0.4 is 15.0 Å². The lowest BCUT2D eigenvalue weighted by Gasteiger charge is -2.35. The lowest BCUT2D eigenvalue weighted by molar-refractivity contribution is -0.133. The van der Waals surface area contributed by atoms with E-state index >= 15 is 0 Å². The second kappa shape index (κ2) is 10.3. The Kier molecular flexibility index (Phi) is 7.04. The smallest absolute Gasteiger partial charge is 0.260 e. The number of piperazine rings is 1. The molecule has 170 valence electrons. The number of benzene rings is 2. The van der Waals surface area contributed by atoms with Gasteiger partial charge < -0.3 is 19.9 Å². The van der Waals surface area contributed by atoms with Crippen LogP contribution in [0.5, 0.6) is 5.75 Å². The van der Waals surface area contributed by atoms with Gasteiger partial charge in [0, 0.05) is 49.4 Å². The monoisotopic (exact) mass is 465 g/mol. The number of amides is 2. The number of carbonyl (C=O) groups excluding carboxylic acids is 2. The molecule has 0 bridgehead atoms. The molecule has 0 spiro atoms. The Morgan fingerprint density at radius 1 is 0.939 bits per heavy atom. The van der Waals surface area contributed by atoms with Crippen molar-refractivity contribution in [1.82, 2.24) is 15.1 Å². The number of nitrogens with one attached hydrogen (secondary N) is 1. The molecule has 0 aliphatic carbocycles. The summed E-state index contributed by atoms with van der Waals surface area (Å²) < 4.78 is 5.61. The summed E-state index contributed by atoms with van der Waals surface area (Å²) in [6.07, 6.45) is 0. The normalized spacial score (nSPS) is 13.5. The SMILES string of the molecule is CC(=O)Nc1ccc(OCC(=O)N2CCN(c3ccc(-c4ccc(Cl)cc4)nn3)CC2)cc1. The van der Waals surface area contributed by atoms with E-state index < -0.39 is 0 Å². The summed E-state index contributed by atoms with van der Waals surface area (Å²) in [5.74, 6) is 1.16. The van der Waals surface area contributed by atoms with E-state index in [2.05, 4.69) is 20.4 Å². The molecule has 33 heavy (non-hydrogen) atoms. The first-order valence-corrected chi connectivity index (χ1v) is 11.0. The first kappa shape index (κ1) is 22.5. The summed E-state index contributed by atoms with van der Waals surface area (Å²) >= 11 is 5.94. The maximum absolute atomic E-state index is 12.5. The third kappa shape index (κ3) is 5.98. The molecule has 1 aliphatic rings. The predicted octanol–water partition coefficient (Wildman–Crippen LogP) is 3.48. The quantitative estimate of drug-likeness (QED) is 0.599. The summed E-state index contributed by atoms with van der Waals surface area (Å²) in [6, 6.07) is 18.3. The summed E-state index contributed by atoms with van der Waals surface area (Å²) in [7, 11) is 0. The van der Waals surface area contributed by atoms with Gasteiger partial charge >= 0.3 is 0 Å². The molecule has 2 amide bonds. The van der Waals surface area contributed by atoms with Gasteiger partial charge in [0.15, 0.2) is 12.4 Å². The first-order valence-electron chi connectivity index (χ1n) is 10.6. The Balaban J connectivity index is 1.25. The van der Waals surface area contributed by atoms with E-state index in [0.717, 1.165) is 17.1 Å². The van der Waals surface area contributed by atoms with Crippen LogP contribution in [0.2, 0.25) is 5.02 Å². The molecule has 8 nitrogen and oxygen atoms in total. The van der Waals surface area contributed by atoms with Crippen LogP contribution in [-0.4, -0.2) is 59.7 Å². The van der Waals surface area contributed by atoms with Crippen molar-refractivity contribution in [3.05, 3.63) is 65.7 Å². The van der Waals surface area contributed by atoms with Crippen molar-refractivity contribution in [3.8, 4) is 17.0 Å². The third-order valence-electron chi connectivity index (χ3n) is 5.28. The van der Waals surface area contributed by atoms with Gasteiger partial charge in [-0.25, -0.2) is 0 Å². The average Bonchev–Trinajstić information content (AvgIpc) is 2.84. The zero-order valence-corrected chi connectivity index (χ0v) is 19.0. The van der Waals surface area contributed by atoms with Crippen molar-refractivity contribution in [2.75, 3.05) is 43.0 Å². The van der Waals surface area contributed by atoms with Crippen LogP contribution in [0.1, 0.15) is 6.92 Å². The van der Waals surface area contributed by atoms with Crippen LogP contribution >= 0.6 is 11.6 Å². The molecule has 1 N–H and O–H groups in total. The number of aromatic nitrogens is 2. The zero-order chi connectivity index (χ0) is 23.2. The van der Waals surface area contributed by atoms with Crippen molar-refractivity contribution < 1.29 is 14.3 Å². The molecule has 0 unspecified atom stereocenters. The summed E-state index contributed by atoms with van der Waals surface area (Å²) in [5, 5.41) is 12.1. The minimum absolute atomic E-state index is 0.0327. The number of nitrogens with zero attached hydrogens (tertiary/aromatic N) is 4. The molecule has 1 saturated heterocycles. The van der Waals surface area contributed by atoms with Gasteiger partial charge in [-0.3, -0.25) is 9.59 Å². The van der Waals surface area contributed by atoms with Gasteiger partial charge in [-0.1, -0.05) is 23.7 Å². The molecule has 0 atom stereocenters. The van der Waals surface area contributed by atoms with Gasteiger partial charge in [-0.15, -0.1) is 10.2 Å². The fourth-order valence-corrected chi connectivity index (χ4v) is 3.65. The molecular formula is C24H24ClN5O3. The summed E-state index contributed by atoms with van der Waals surface area (Å²) in [6.45, 7) is 3.94. The fourth-order valence-electron chi connectivity index (χ4n) is 3.53. The molecule has 9 heteroatoms. The fraction of sp³-hybridized carbons (Fsp3) is 0.250. The lowest BCUT2D eigenvalue weighted by Crippen LogP contribution is -2.50. The molecule has 2 heterocycles. The zero-order valence-electron chi connectivity index (χ0n) is 18.2. The Morgan fingerprint density at radius 2 is 1.64 bits per heavy atom. The van der Waals surface area contributed by atoms with E-state index in [0.29, 0.717) is 42.6 Å². The minimum atomic E-state index is -0.138. The Hall–Kier alpha value is -3.65. The Bertz CT molecular complexity index is 1100. The molecule has 4 rings (SSSR count). The highest BCUT2D eigenvalue weighted by molar-refractivity contribution is 6.30. The topological polar surface area (TPSA) is 87.7 Å². The largest absolute Gasteiger partial charge is 0.484 e. The van der Waals surface area contributed by atoms with Crippen molar-refractivity contribution >= 4 is 34.9 Å². The standard InChI is InChI=1S/C24H24ClN5O3/c1-17(31)26-20-6-8-21(9-7-20)33-16-24(32)30-14-12-29(13-15-30)23-11-10-22(27-28-23)18-2-4-19(25)5-3-18/h2-11H,12-16H2,1H3,(H,26,31). The first-order chi connectivity index (χ1) is 16.0. The molecule has 1 aromatic heterocycles. The highest BCUT2D eigenvalue weighted by Crippen LogP contribution is 2.21. The molecule has 0 radical (unpaired) electrons. The molecule has 0 saturated carbocycles. The number of rotatable bonds is 6. The number of ether oxygens (including phenoxy) is 1. The summed E-state index contributed by atoms with van der Waals surface area (Å²) in [4.78, 5) is 27.5. The predicted molar refractivity (Wildman–Crippen MR) is 128 cm³/mol. The van der Waals surface area contributed by atoms with Crippen LogP contribution in [0.25, 0.3) is 11.3 Å². The lowest BCUT2D eigenvalue weighted by atomic mass is 10.1. The molecule has 2 aromatic carbocycles. The van der Waals surface area contributed by atoms with E-state index in [9.17, 15) is 9.59 Å². The maximum Gasteiger partial charge on any atom is 0.260 e. The van der Waals surface area contributed by atoms with E-state index in [1.807, 2.05) is 36.4 Å². The van der Waals surface area contributed by atoms with Crippen LogP contribution in [0.4, 0.5) is 11.5 Å². The van der Waals surface area contributed by atoms with Crippen LogP contribution in [0.15, 0.2) is 60.7 Å². The summed E-state index contributed by atoms with van der Waals surface area (Å²) in [5.41, 5.74) is 2.42. The van der Waals surface area contributed by atoms with E-state index in [-0.39, 0.29) is 18.4 Å². The van der Waals surface area contributed by atoms with Gasteiger partial charge in [0.25, 0.3) is 5.91 Å². The van der Waals surface area contributed by atoms with Crippen LogP contribution in [0, 0.1) is 0 Å². The number of hydrogen-bond acceptors (Lipinski definition) is 6. The van der Waals surface area contributed by atoms with Crippen molar-refractivity contribution in [2.45, 2.75) is 6.92 Å². The average molecular weight is 466 g/mol. The van der Waals surface area contributed by atoms with Gasteiger partial charge in [0.1, 0.15) is 5.75 Å². The van der Waals surface area contributed by atoms with E-state index in [4.69, 9.17) is 16.3 Å². The van der Waals surface area contributed by atoms with Crippen molar-refractivity contribution in [2.24, 2.45) is 0 Å². The van der Waals surface area contributed by atoms with Gasteiger partial charge in [-0.05, 0) is 48.5 Å². The third-order valence-corrected chi connectivity index (χ3v) is 5.54. The second-order valence-electron chi connectivity index (χ2n) is 7.65. The van der Waals surface area contributed by atoms with Gasteiger partial charge in [0.05, 0.1) is 5.69 Å². The van der Waals surface area contributed by atoms with Crippen molar-refractivity contribution in [3.63, 3.8) is 0 Å². The van der Waals surface area contributed by atoms with E-state index in [1.54, 1.807) is 29.2 Å². The Labute approximate surface area is 197 Å². The highest BCUT2D eigenvalue weighted by atomic mass is 35.5. The molecule has 1 aliphatic heterocycles. The molecule has 1 fully saturated rings.